The van der Waals surface area contributed by atoms with Crippen LogP contribution in [0.4, 0.5) is 0 Å². The van der Waals surface area contributed by atoms with Gasteiger partial charge in [-0.05, 0) is 25.0 Å². The lowest BCUT2D eigenvalue weighted by atomic mass is 10.3. The van der Waals surface area contributed by atoms with Gasteiger partial charge in [0.05, 0.1) is 0 Å². The summed E-state index contributed by atoms with van der Waals surface area (Å²) in [6, 6.07) is 6.99. The van der Waals surface area contributed by atoms with Crippen LogP contribution in [-0.4, -0.2) is 43.5 Å². The highest BCUT2D eigenvalue weighted by Gasteiger charge is 2.53. The van der Waals surface area contributed by atoms with Crippen molar-refractivity contribution in [2.75, 3.05) is 12.4 Å². The van der Waals surface area contributed by atoms with Gasteiger partial charge in [-0.25, -0.2) is 8.42 Å². The highest BCUT2D eigenvalue weighted by molar-refractivity contribution is 7.89. The van der Waals surface area contributed by atoms with Crippen LogP contribution in [0.5, 0.6) is 11.5 Å². The molecule has 21 heavy (non-hydrogen) atoms. The molecule has 1 heterocycles. The Hall–Kier alpha value is -1.80. The minimum atomic E-state index is -3.76. The van der Waals surface area contributed by atoms with Gasteiger partial charge < -0.3 is 14.6 Å². The molecule has 1 aromatic carbocycles. The summed E-state index contributed by atoms with van der Waals surface area (Å²) < 4.78 is 37.4. The molecule has 0 spiro atoms. The number of para-hydroxylation sites is 2. The summed E-state index contributed by atoms with van der Waals surface area (Å²) in [4.78, 5) is 11.0. The van der Waals surface area contributed by atoms with Gasteiger partial charge in [0.2, 0.25) is 10.0 Å². The first-order chi connectivity index (χ1) is 9.90. The summed E-state index contributed by atoms with van der Waals surface area (Å²) in [5.74, 6) is -0.417. The smallest absolute Gasteiger partial charge is 0.324 e. The molecule has 114 valence electrons. The SMILES string of the molecule is O=C(O)C1(NS(=O)(=O)CC2COc3ccccc3O2)CC1. The molecule has 0 aromatic heterocycles. The maximum absolute atomic E-state index is 12.1. The van der Waals surface area contributed by atoms with Crippen LogP contribution < -0.4 is 14.2 Å². The molecule has 0 saturated heterocycles. The zero-order chi connectivity index (χ0) is 15.1. The molecule has 0 bridgehead atoms. The molecular weight excluding hydrogens is 298 g/mol. The van der Waals surface area contributed by atoms with Crippen LogP contribution in [-0.2, 0) is 14.8 Å². The number of sulfonamides is 1. The van der Waals surface area contributed by atoms with E-state index in [0.717, 1.165) is 0 Å². The zero-order valence-corrected chi connectivity index (χ0v) is 11.9. The Balaban J connectivity index is 1.66. The van der Waals surface area contributed by atoms with Gasteiger partial charge in [-0.1, -0.05) is 12.1 Å². The average molecular weight is 313 g/mol. The fraction of sp³-hybridized carbons (Fsp3) is 0.462. The number of rotatable bonds is 5. The molecule has 2 N–H and O–H groups in total. The molecule has 1 aromatic rings. The molecule has 3 rings (SSSR count). The number of carboxylic acids is 1. The number of nitrogens with one attached hydrogen (secondary N) is 1. The summed E-state index contributed by atoms with van der Waals surface area (Å²) in [7, 11) is -3.76. The van der Waals surface area contributed by atoms with Crippen LogP contribution in [0.3, 0.4) is 0 Å². The van der Waals surface area contributed by atoms with E-state index in [9.17, 15) is 13.2 Å². The van der Waals surface area contributed by atoms with Crippen molar-refractivity contribution in [2.45, 2.75) is 24.5 Å². The minimum Gasteiger partial charge on any atom is -0.486 e. The quantitative estimate of drug-likeness (QED) is 0.814. The number of aliphatic carboxylic acids is 1. The van der Waals surface area contributed by atoms with E-state index in [0.29, 0.717) is 24.3 Å². The average Bonchev–Trinajstić information content (AvgIpc) is 3.18. The van der Waals surface area contributed by atoms with Crippen LogP contribution in [0, 0.1) is 0 Å². The van der Waals surface area contributed by atoms with E-state index in [4.69, 9.17) is 14.6 Å². The highest BCUT2D eigenvalue weighted by Crippen LogP contribution is 2.36. The number of hydrogen-bond acceptors (Lipinski definition) is 5. The van der Waals surface area contributed by atoms with Gasteiger partial charge in [0.1, 0.15) is 24.0 Å². The van der Waals surface area contributed by atoms with E-state index in [1.165, 1.54) is 0 Å². The fourth-order valence-electron chi connectivity index (χ4n) is 2.21. The molecule has 8 heteroatoms. The standard InChI is InChI=1S/C13H15NO6S/c15-12(16)13(5-6-13)14-21(17,18)8-9-7-19-10-3-1-2-4-11(10)20-9/h1-4,9,14H,5-8H2,(H,15,16). The van der Waals surface area contributed by atoms with Crippen LogP contribution in [0.2, 0.25) is 0 Å². The number of carboxylic acid groups (broad SMARTS) is 1. The molecule has 1 fully saturated rings. The predicted octanol–water partition coefficient (Wildman–Crippen LogP) is 0.363. The van der Waals surface area contributed by atoms with Crippen LogP contribution in [0.1, 0.15) is 12.8 Å². The van der Waals surface area contributed by atoms with Crippen LogP contribution in [0.15, 0.2) is 24.3 Å². The number of fused-ring (bicyclic) bond motifs is 1. The third kappa shape index (κ3) is 2.96. The Bertz CT molecular complexity index is 667. The van der Waals surface area contributed by atoms with Crippen molar-refractivity contribution in [3.05, 3.63) is 24.3 Å². The van der Waals surface area contributed by atoms with Crippen molar-refractivity contribution < 1.29 is 27.8 Å². The van der Waals surface area contributed by atoms with Gasteiger partial charge in [-0.2, -0.15) is 4.72 Å². The molecule has 1 atom stereocenters. The lowest BCUT2D eigenvalue weighted by molar-refractivity contribution is -0.140. The Morgan fingerprint density at radius 2 is 2.00 bits per heavy atom. The van der Waals surface area contributed by atoms with Gasteiger partial charge in [-0.3, -0.25) is 4.79 Å². The van der Waals surface area contributed by atoms with Gasteiger partial charge >= 0.3 is 5.97 Å². The molecule has 7 nitrogen and oxygen atoms in total. The Labute approximate surface area is 121 Å². The van der Waals surface area contributed by atoms with Gasteiger partial charge in [0, 0.05) is 0 Å². The summed E-state index contributed by atoms with van der Waals surface area (Å²) in [5, 5.41) is 9.02. The second-order valence-electron chi connectivity index (χ2n) is 5.27. The van der Waals surface area contributed by atoms with E-state index in [1.54, 1.807) is 24.3 Å². The lowest BCUT2D eigenvalue weighted by Gasteiger charge is -2.26. The summed E-state index contributed by atoms with van der Waals surface area (Å²) in [6.07, 6.45) is -0.0410. The molecular formula is C13H15NO6S. The van der Waals surface area contributed by atoms with Crippen molar-refractivity contribution in [2.24, 2.45) is 0 Å². The van der Waals surface area contributed by atoms with Crippen LogP contribution in [0.25, 0.3) is 0 Å². The van der Waals surface area contributed by atoms with E-state index in [1.807, 2.05) is 0 Å². The largest absolute Gasteiger partial charge is 0.486 e. The Kier molecular flexibility index (Phi) is 3.29. The molecule has 2 aliphatic rings. The predicted molar refractivity (Wildman–Crippen MR) is 72.9 cm³/mol. The Morgan fingerprint density at radius 3 is 2.62 bits per heavy atom. The van der Waals surface area contributed by atoms with Gasteiger partial charge in [-0.15, -0.1) is 0 Å². The maximum atomic E-state index is 12.1. The first-order valence-corrected chi connectivity index (χ1v) is 8.19. The molecule has 1 aliphatic heterocycles. The number of carbonyl (C=O) groups is 1. The van der Waals surface area contributed by atoms with Gasteiger partial charge in [0.15, 0.2) is 11.5 Å². The second-order valence-corrected chi connectivity index (χ2v) is 7.04. The van der Waals surface area contributed by atoms with E-state index >= 15 is 0 Å². The number of ether oxygens (including phenoxy) is 2. The Morgan fingerprint density at radius 1 is 1.33 bits per heavy atom. The monoisotopic (exact) mass is 313 g/mol. The molecule has 0 amide bonds. The first kappa shape index (κ1) is 14.2. The topological polar surface area (TPSA) is 102 Å². The van der Waals surface area contributed by atoms with Crippen molar-refractivity contribution in [3.63, 3.8) is 0 Å². The van der Waals surface area contributed by atoms with E-state index in [2.05, 4.69) is 4.72 Å². The summed E-state index contributed by atoms with van der Waals surface area (Å²) >= 11 is 0. The number of hydrogen-bond donors (Lipinski definition) is 2. The van der Waals surface area contributed by atoms with E-state index in [-0.39, 0.29) is 12.4 Å². The first-order valence-electron chi connectivity index (χ1n) is 6.54. The summed E-state index contributed by atoms with van der Waals surface area (Å²) in [5.41, 5.74) is -1.33. The molecule has 1 unspecified atom stereocenters. The van der Waals surface area contributed by atoms with E-state index < -0.39 is 27.6 Å². The second kappa shape index (κ2) is 4.88. The lowest BCUT2D eigenvalue weighted by Crippen LogP contribution is -2.47. The maximum Gasteiger partial charge on any atom is 0.324 e. The number of benzene rings is 1. The normalized spacial score (nSPS) is 22.6. The van der Waals surface area contributed by atoms with Crippen molar-refractivity contribution in [1.82, 2.24) is 4.72 Å². The summed E-state index contributed by atoms with van der Waals surface area (Å²) in [6.45, 7) is 0.109. The van der Waals surface area contributed by atoms with Crippen LogP contribution >= 0.6 is 0 Å². The molecule has 1 saturated carbocycles. The minimum absolute atomic E-state index is 0.109. The molecule has 1 aliphatic carbocycles. The van der Waals surface area contributed by atoms with Gasteiger partial charge in [0.25, 0.3) is 0 Å². The highest BCUT2D eigenvalue weighted by atomic mass is 32.2. The third-order valence-electron chi connectivity index (χ3n) is 3.48. The van der Waals surface area contributed by atoms with Crippen molar-refractivity contribution in [1.29, 1.82) is 0 Å². The van der Waals surface area contributed by atoms with Crippen molar-refractivity contribution >= 4 is 16.0 Å². The zero-order valence-electron chi connectivity index (χ0n) is 11.1. The fourth-order valence-corrected chi connectivity index (χ4v) is 3.84. The molecule has 0 radical (unpaired) electrons. The third-order valence-corrected chi connectivity index (χ3v) is 5.00. The van der Waals surface area contributed by atoms with Crippen molar-refractivity contribution in [3.8, 4) is 11.5 Å².